The molecule has 2 rings (SSSR count). The SMILES string of the molecule is CC(C)(C)[SH+]OCCCCc1cncn1Cc1ccc(C#N)cc1Cl. The number of nitrogens with zero attached hydrogens (tertiary/aromatic N) is 3. The Hall–Kier alpha value is -1.48. The van der Waals surface area contributed by atoms with Gasteiger partial charge in [0.2, 0.25) is 0 Å². The first-order valence-electron chi connectivity index (χ1n) is 8.41. The molecule has 0 spiro atoms. The average Bonchev–Trinajstić information content (AvgIpc) is 2.99. The molecular formula is C19H25ClN3OS+. The Balaban J connectivity index is 1.83. The van der Waals surface area contributed by atoms with Crippen molar-refractivity contribution in [1.29, 1.82) is 5.26 Å². The minimum atomic E-state index is 0.193. The predicted molar refractivity (Wildman–Crippen MR) is 105 cm³/mol. The third-order valence-corrected chi connectivity index (χ3v) is 4.79. The Morgan fingerprint density at radius 1 is 1.32 bits per heavy atom. The van der Waals surface area contributed by atoms with Crippen molar-refractivity contribution in [3.05, 3.63) is 52.6 Å². The molecule has 0 aliphatic rings. The van der Waals surface area contributed by atoms with Crippen molar-refractivity contribution in [2.75, 3.05) is 6.61 Å². The molecule has 0 saturated carbocycles. The summed E-state index contributed by atoms with van der Waals surface area (Å²) in [4.78, 5) is 4.26. The molecule has 0 atom stereocenters. The molecule has 1 aromatic carbocycles. The highest BCUT2D eigenvalue weighted by molar-refractivity contribution is 7.75. The zero-order chi connectivity index (χ0) is 18.3. The van der Waals surface area contributed by atoms with Crippen LogP contribution in [0.1, 0.15) is 50.4 Å². The van der Waals surface area contributed by atoms with E-state index in [2.05, 4.69) is 36.4 Å². The van der Waals surface area contributed by atoms with Crippen LogP contribution in [0.15, 0.2) is 30.7 Å². The maximum atomic E-state index is 8.92. The molecule has 0 N–H and O–H groups in total. The second-order valence-corrected chi connectivity index (χ2v) is 9.17. The van der Waals surface area contributed by atoms with Crippen molar-refractivity contribution in [3.8, 4) is 6.07 Å². The van der Waals surface area contributed by atoms with E-state index in [4.69, 9.17) is 21.0 Å². The number of hydrogen-bond acceptors (Lipinski definition) is 3. The second kappa shape index (κ2) is 9.28. The van der Waals surface area contributed by atoms with Crippen molar-refractivity contribution < 1.29 is 4.18 Å². The van der Waals surface area contributed by atoms with Gasteiger partial charge in [0.05, 0.1) is 24.5 Å². The van der Waals surface area contributed by atoms with E-state index in [0.29, 0.717) is 17.1 Å². The van der Waals surface area contributed by atoms with Crippen LogP contribution in [0.25, 0.3) is 0 Å². The maximum absolute atomic E-state index is 8.92. The van der Waals surface area contributed by atoms with Crippen LogP contribution < -0.4 is 0 Å². The largest absolute Gasteiger partial charge is 0.330 e. The smallest absolute Gasteiger partial charge is 0.150 e. The number of halogens is 1. The molecular weight excluding hydrogens is 354 g/mol. The van der Waals surface area contributed by atoms with Crippen molar-refractivity contribution >= 4 is 23.6 Å². The molecule has 0 aliphatic heterocycles. The molecule has 0 saturated heterocycles. The van der Waals surface area contributed by atoms with E-state index >= 15 is 0 Å². The van der Waals surface area contributed by atoms with Gasteiger partial charge in [-0.3, -0.25) is 0 Å². The lowest BCUT2D eigenvalue weighted by Crippen LogP contribution is -2.18. The highest BCUT2D eigenvalue weighted by Gasteiger charge is 2.20. The second-order valence-electron chi connectivity index (χ2n) is 6.98. The van der Waals surface area contributed by atoms with Gasteiger partial charge in [-0.05, 0) is 57.7 Å². The van der Waals surface area contributed by atoms with E-state index < -0.39 is 0 Å². The van der Waals surface area contributed by atoms with Crippen LogP contribution in [0.3, 0.4) is 0 Å². The molecule has 25 heavy (non-hydrogen) atoms. The summed E-state index contributed by atoms with van der Waals surface area (Å²) >= 11 is 7.31. The summed E-state index contributed by atoms with van der Waals surface area (Å²) in [7, 11) is 0. The van der Waals surface area contributed by atoms with Gasteiger partial charge in [-0.15, -0.1) is 0 Å². The van der Waals surface area contributed by atoms with Crippen LogP contribution in [0.5, 0.6) is 0 Å². The number of rotatable bonds is 8. The summed E-state index contributed by atoms with van der Waals surface area (Å²) in [5, 5.41) is 9.54. The summed E-state index contributed by atoms with van der Waals surface area (Å²) in [6.07, 6.45) is 6.80. The number of nitriles is 1. The minimum Gasteiger partial charge on any atom is -0.330 e. The Bertz CT molecular complexity index is 731. The summed E-state index contributed by atoms with van der Waals surface area (Å²) in [5.41, 5.74) is 2.76. The predicted octanol–water partition coefficient (Wildman–Crippen LogP) is 4.32. The fraction of sp³-hybridized carbons (Fsp3) is 0.474. The first kappa shape index (κ1) is 19.8. The summed E-state index contributed by atoms with van der Waals surface area (Å²) < 4.78 is 7.99. The van der Waals surface area contributed by atoms with E-state index in [-0.39, 0.29) is 4.75 Å². The van der Waals surface area contributed by atoms with Crippen molar-refractivity contribution in [2.45, 2.75) is 51.3 Å². The van der Waals surface area contributed by atoms with Crippen LogP contribution in [0.2, 0.25) is 5.02 Å². The molecule has 0 bridgehead atoms. The molecule has 134 valence electrons. The Labute approximate surface area is 159 Å². The van der Waals surface area contributed by atoms with Crippen molar-refractivity contribution in [3.63, 3.8) is 0 Å². The topological polar surface area (TPSA) is 50.8 Å². The highest BCUT2D eigenvalue weighted by atomic mass is 35.5. The molecule has 1 heterocycles. The first-order valence-corrected chi connectivity index (χ1v) is 9.60. The van der Waals surface area contributed by atoms with E-state index in [1.54, 1.807) is 12.1 Å². The fourth-order valence-corrected chi connectivity index (χ4v) is 3.19. The molecule has 1 aromatic heterocycles. The molecule has 4 nitrogen and oxygen atoms in total. The van der Waals surface area contributed by atoms with Crippen molar-refractivity contribution in [1.82, 2.24) is 9.55 Å². The molecule has 0 fully saturated rings. The summed E-state index contributed by atoms with van der Waals surface area (Å²) in [5.74, 6) is 0. The van der Waals surface area contributed by atoms with Gasteiger partial charge >= 0.3 is 0 Å². The van der Waals surface area contributed by atoms with Crippen LogP contribution in [0.4, 0.5) is 0 Å². The first-order chi connectivity index (χ1) is 11.9. The number of thiol groups is 1. The quantitative estimate of drug-likeness (QED) is 0.390. The van der Waals surface area contributed by atoms with Crippen molar-refractivity contribution in [2.24, 2.45) is 0 Å². The monoisotopic (exact) mass is 378 g/mol. The molecule has 0 amide bonds. The Kier molecular flexibility index (Phi) is 7.37. The fourth-order valence-electron chi connectivity index (χ4n) is 2.34. The zero-order valence-corrected chi connectivity index (χ0v) is 16.6. The van der Waals surface area contributed by atoms with Gasteiger partial charge in [0.25, 0.3) is 0 Å². The summed E-state index contributed by atoms with van der Waals surface area (Å²) in [6, 6.07) is 7.51. The number of imidazole rings is 1. The summed E-state index contributed by atoms with van der Waals surface area (Å²) in [6.45, 7) is 7.96. The third kappa shape index (κ3) is 6.74. The van der Waals surface area contributed by atoms with Gasteiger partial charge in [0.1, 0.15) is 23.4 Å². The zero-order valence-electron chi connectivity index (χ0n) is 15.0. The van der Waals surface area contributed by atoms with Crippen LogP contribution in [-0.4, -0.2) is 20.9 Å². The third-order valence-electron chi connectivity index (χ3n) is 3.58. The van der Waals surface area contributed by atoms with Gasteiger partial charge in [-0.1, -0.05) is 17.7 Å². The van der Waals surface area contributed by atoms with E-state index in [1.165, 1.54) is 5.69 Å². The Morgan fingerprint density at radius 2 is 2.12 bits per heavy atom. The van der Waals surface area contributed by atoms with E-state index in [9.17, 15) is 0 Å². The molecule has 2 aromatic rings. The van der Waals surface area contributed by atoms with Crippen LogP contribution >= 0.6 is 11.6 Å². The van der Waals surface area contributed by atoms with E-state index in [0.717, 1.165) is 43.5 Å². The number of unbranched alkanes of at least 4 members (excludes halogenated alkanes) is 1. The van der Waals surface area contributed by atoms with Crippen LogP contribution in [-0.2, 0) is 29.2 Å². The lowest BCUT2D eigenvalue weighted by atomic mass is 10.1. The number of hydrogen-bond donors (Lipinski definition) is 0. The highest BCUT2D eigenvalue weighted by Crippen LogP contribution is 2.20. The minimum absolute atomic E-state index is 0.193. The lowest BCUT2D eigenvalue weighted by molar-refractivity contribution is 0.347. The maximum Gasteiger partial charge on any atom is 0.150 e. The molecule has 0 unspecified atom stereocenters. The molecule has 0 radical (unpaired) electrons. The normalized spacial score (nSPS) is 11.5. The number of aryl methyl sites for hydroxylation is 1. The van der Waals surface area contributed by atoms with Crippen LogP contribution in [0, 0.1) is 11.3 Å². The van der Waals surface area contributed by atoms with Gasteiger partial charge in [0.15, 0.2) is 0 Å². The van der Waals surface area contributed by atoms with E-state index in [1.807, 2.05) is 18.6 Å². The standard InChI is InChI=1S/C19H24ClN3OS/c1-19(2,3)25-24-9-5-4-6-17-12-22-14-23(17)13-16-8-7-15(11-21)10-18(16)20/h7-8,10,12,14H,4-6,9,13H2,1-3H3/p+1. The van der Waals surface area contributed by atoms with Gasteiger partial charge in [-0.2, -0.15) is 9.44 Å². The lowest BCUT2D eigenvalue weighted by Gasteiger charge is -2.10. The average molecular weight is 379 g/mol. The van der Waals surface area contributed by atoms with Gasteiger partial charge in [0, 0.05) is 16.9 Å². The Morgan fingerprint density at radius 3 is 2.80 bits per heavy atom. The van der Waals surface area contributed by atoms with Gasteiger partial charge < -0.3 is 4.57 Å². The van der Waals surface area contributed by atoms with Gasteiger partial charge in [-0.25, -0.2) is 4.98 Å². The molecule has 6 heteroatoms. The molecule has 0 aliphatic carbocycles. The number of aromatic nitrogens is 2. The number of benzene rings is 1.